The van der Waals surface area contributed by atoms with Gasteiger partial charge in [-0.25, -0.2) is 9.97 Å². The Balaban J connectivity index is 1.89. The first-order valence-corrected chi connectivity index (χ1v) is 7.35. The van der Waals surface area contributed by atoms with Crippen LogP contribution < -0.4 is 0 Å². The van der Waals surface area contributed by atoms with E-state index in [1.54, 1.807) is 12.5 Å². The second-order valence-corrected chi connectivity index (χ2v) is 5.45. The summed E-state index contributed by atoms with van der Waals surface area (Å²) in [5, 5.41) is 0. The molecule has 0 bridgehead atoms. The first-order chi connectivity index (χ1) is 10.3. The fraction of sp³-hybridized carbons (Fsp3) is 0.312. The lowest BCUT2D eigenvalue weighted by atomic mass is 10.1. The van der Waals surface area contributed by atoms with Gasteiger partial charge in [0.15, 0.2) is 5.69 Å². The molecule has 3 heterocycles. The molecule has 1 aliphatic heterocycles. The number of benzene rings is 1. The molecule has 0 atom stereocenters. The fourth-order valence-electron chi connectivity index (χ4n) is 3.01. The van der Waals surface area contributed by atoms with Gasteiger partial charge < -0.3 is 4.90 Å². The van der Waals surface area contributed by atoms with E-state index in [0.29, 0.717) is 5.69 Å². The molecule has 0 radical (unpaired) electrons. The van der Waals surface area contributed by atoms with E-state index in [2.05, 4.69) is 9.97 Å². The molecule has 4 rings (SSSR count). The molecule has 1 amide bonds. The average Bonchev–Trinajstić information content (AvgIpc) is 3.04. The number of amides is 1. The first-order valence-electron chi connectivity index (χ1n) is 7.35. The van der Waals surface area contributed by atoms with Crippen LogP contribution in [0.25, 0.3) is 16.6 Å². The highest BCUT2D eigenvalue weighted by molar-refractivity contribution is 6.01. The molecule has 1 fully saturated rings. The maximum absolute atomic E-state index is 12.8. The third-order valence-electron chi connectivity index (χ3n) is 4.10. The number of nitrogens with zero attached hydrogens (tertiary/aromatic N) is 4. The van der Waals surface area contributed by atoms with Gasteiger partial charge in [0.2, 0.25) is 0 Å². The number of aromatic nitrogens is 3. The zero-order valence-corrected chi connectivity index (χ0v) is 11.7. The summed E-state index contributed by atoms with van der Waals surface area (Å²) >= 11 is 0. The summed E-state index contributed by atoms with van der Waals surface area (Å²) in [5.74, 6) is 0.0194. The molecular weight excluding hydrogens is 264 g/mol. The van der Waals surface area contributed by atoms with Crippen molar-refractivity contribution in [3.05, 3.63) is 42.5 Å². The lowest BCUT2D eigenvalue weighted by Gasteiger charge is -2.26. The second kappa shape index (κ2) is 4.84. The molecule has 5 nitrogen and oxygen atoms in total. The van der Waals surface area contributed by atoms with Gasteiger partial charge in [0.1, 0.15) is 0 Å². The predicted molar refractivity (Wildman–Crippen MR) is 80.2 cm³/mol. The van der Waals surface area contributed by atoms with Gasteiger partial charge in [0, 0.05) is 13.1 Å². The SMILES string of the molecule is O=C(c1nc2ccccc2n2cncc12)N1CCCCC1. The van der Waals surface area contributed by atoms with Gasteiger partial charge >= 0.3 is 0 Å². The highest BCUT2D eigenvalue weighted by Gasteiger charge is 2.22. The number of fused-ring (bicyclic) bond motifs is 3. The number of hydrogen-bond donors (Lipinski definition) is 0. The number of carbonyl (C=O) groups is 1. The van der Waals surface area contributed by atoms with E-state index in [1.807, 2.05) is 33.6 Å². The minimum absolute atomic E-state index is 0.0194. The molecular formula is C16H16N4O. The Morgan fingerprint density at radius 3 is 2.71 bits per heavy atom. The number of piperidine rings is 1. The van der Waals surface area contributed by atoms with E-state index in [1.165, 1.54) is 6.42 Å². The van der Waals surface area contributed by atoms with Gasteiger partial charge in [-0.05, 0) is 31.4 Å². The van der Waals surface area contributed by atoms with E-state index in [9.17, 15) is 4.79 Å². The monoisotopic (exact) mass is 280 g/mol. The standard InChI is InChI=1S/C16H16N4O/c21-16(19-8-4-1-5-9-19)15-14-10-17-11-20(14)13-7-3-2-6-12(13)18-15/h2-3,6-7,10-11H,1,4-5,8-9H2. The van der Waals surface area contributed by atoms with Crippen LogP contribution in [-0.2, 0) is 0 Å². The van der Waals surface area contributed by atoms with Crippen molar-refractivity contribution in [2.75, 3.05) is 13.1 Å². The Hall–Kier alpha value is -2.43. The zero-order chi connectivity index (χ0) is 14.2. The average molecular weight is 280 g/mol. The van der Waals surface area contributed by atoms with Crippen molar-refractivity contribution in [2.45, 2.75) is 19.3 Å². The van der Waals surface area contributed by atoms with E-state index in [4.69, 9.17) is 0 Å². The summed E-state index contributed by atoms with van der Waals surface area (Å²) in [7, 11) is 0. The summed E-state index contributed by atoms with van der Waals surface area (Å²) in [6.45, 7) is 1.65. The van der Waals surface area contributed by atoms with E-state index in [0.717, 1.165) is 42.5 Å². The molecule has 0 unspecified atom stereocenters. The molecule has 1 saturated heterocycles. The molecule has 3 aromatic rings. The summed E-state index contributed by atoms with van der Waals surface area (Å²) in [4.78, 5) is 23.5. The lowest BCUT2D eigenvalue weighted by Crippen LogP contribution is -2.36. The highest BCUT2D eigenvalue weighted by Crippen LogP contribution is 2.20. The van der Waals surface area contributed by atoms with Crippen LogP contribution >= 0.6 is 0 Å². The van der Waals surface area contributed by atoms with Gasteiger partial charge in [-0.2, -0.15) is 0 Å². The topological polar surface area (TPSA) is 50.5 Å². The molecule has 2 aromatic heterocycles. The predicted octanol–water partition coefficient (Wildman–Crippen LogP) is 2.51. The molecule has 0 spiro atoms. The molecule has 0 N–H and O–H groups in total. The number of rotatable bonds is 1. The summed E-state index contributed by atoms with van der Waals surface area (Å²) in [6, 6.07) is 7.83. The van der Waals surface area contributed by atoms with E-state index in [-0.39, 0.29) is 5.91 Å². The minimum Gasteiger partial charge on any atom is -0.337 e. The van der Waals surface area contributed by atoms with Crippen molar-refractivity contribution in [2.24, 2.45) is 0 Å². The van der Waals surface area contributed by atoms with Crippen LogP contribution in [-0.4, -0.2) is 38.3 Å². The largest absolute Gasteiger partial charge is 0.337 e. The Morgan fingerprint density at radius 2 is 1.86 bits per heavy atom. The highest BCUT2D eigenvalue weighted by atomic mass is 16.2. The number of likely N-dealkylation sites (tertiary alicyclic amines) is 1. The van der Waals surface area contributed by atoms with Crippen molar-refractivity contribution in [1.82, 2.24) is 19.3 Å². The zero-order valence-electron chi connectivity index (χ0n) is 11.7. The molecule has 1 aromatic carbocycles. The van der Waals surface area contributed by atoms with Crippen LogP contribution in [0.5, 0.6) is 0 Å². The maximum atomic E-state index is 12.8. The number of para-hydroxylation sites is 2. The quantitative estimate of drug-likeness (QED) is 0.688. The van der Waals surface area contributed by atoms with Crippen LogP contribution in [0.4, 0.5) is 0 Å². The Labute approximate surface area is 122 Å². The number of hydrogen-bond acceptors (Lipinski definition) is 3. The Bertz CT molecular complexity index is 817. The van der Waals surface area contributed by atoms with E-state index < -0.39 is 0 Å². The van der Waals surface area contributed by atoms with Crippen molar-refractivity contribution < 1.29 is 4.79 Å². The van der Waals surface area contributed by atoms with Crippen LogP contribution in [0.2, 0.25) is 0 Å². The van der Waals surface area contributed by atoms with Crippen molar-refractivity contribution >= 4 is 22.5 Å². The van der Waals surface area contributed by atoms with Crippen LogP contribution in [0.1, 0.15) is 29.8 Å². The molecule has 5 heteroatoms. The van der Waals surface area contributed by atoms with Crippen molar-refractivity contribution in [3.63, 3.8) is 0 Å². The number of imidazole rings is 1. The first kappa shape index (κ1) is 12.3. The van der Waals surface area contributed by atoms with Crippen LogP contribution in [0.3, 0.4) is 0 Å². The van der Waals surface area contributed by atoms with Crippen molar-refractivity contribution in [1.29, 1.82) is 0 Å². The van der Waals surface area contributed by atoms with Gasteiger partial charge in [0.25, 0.3) is 5.91 Å². The van der Waals surface area contributed by atoms with E-state index >= 15 is 0 Å². The van der Waals surface area contributed by atoms with Gasteiger partial charge in [-0.3, -0.25) is 9.20 Å². The smallest absolute Gasteiger partial charge is 0.274 e. The Kier molecular flexibility index (Phi) is 2.84. The lowest BCUT2D eigenvalue weighted by molar-refractivity contribution is 0.0720. The normalized spacial score (nSPS) is 15.7. The van der Waals surface area contributed by atoms with Crippen molar-refractivity contribution in [3.8, 4) is 0 Å². The van der Waals surface area contributed by atoms with Gasteiger partial charge in [0.05, 0.1) is 29.1 Å². The molecule has 0 saturated carbocycles. The maximum Gasteiger partial charge on any atom is 0.274 e. The number of carbonyl (C=O) groups excluding carboxylic acids is 1. The van der Waals surface area contributed by atoms with Crippen LogP contribution in [0, 0.1) is 0 Å². The summed E-state index contributed by atoms with van der Waals surface area (Å²) < 4.78 is 1.94. The Morgan fingerprint density at radius 1 is 1.05 bits per heavy atom. The van der Waals surface area contributed by atoms with Gasteiger partial charge in [-0.1, -0.05) is 12.1 Å². The van der Waals surface area contributed by atoms with Gasteiger partial charge in [-0.15, -0.1) is 0 Å². The fourth-order valence-corrected chi connectivity index (χ4v) is 3.01. The molecule has 0 aliphatic carbocycles. The summed E-state index contributed by atoms with van der Waals surface area (Å²) in [6.07, 6.45) is 6.82. The second-order valence-electron chi connectivity index (χ2n) is 5.45. The van der Waals surface area contributed by atoms with Crippen LogP contribution in [0.15, 0.2) is 36.8 Å². The summed E-state index contributed by atoms with van der Waals surface area (Å²) in [5.41, 5.74) is 3.08. The molecule has 1 aliphatic rings. The third-order valence-corrected chi connectivity index (χ3v) is 4.10. The third kappa shape index (κ3) is 1.96. The molecule has 21 heavy (non-hydrogen) atoms. The molecule has 106 valence electrons. The minimum atomic E-state index is 0.0194.